The summed E-state index contributed by atoms with van der Waals surface area (Å²) in [5.41, 5.74) is 1.17. The Balaban J connectivity index is 1.84. The zero-order valence-electron chi connectivity index (χ0n) is 16.2. The molecule has 25 heavy (non-hydrogen) atoms. The maximum atomic E-state index is 10.3. The molecule has 5 nitrogen and oxygen atoms in total. The summed E-state index contributed by atoms with van der Waals surface area (Å²) in [6.45, 7) is 1.78. The number of benzene rings is 1. The van der Waals surface area contributed by atoms with Crippen LogP contribution in [0.4, 0.5) is 0 Å². The van der Waals surface area contributed by atoms with Crippen LogP contribution in [-0.4, -0.2) is 68.5 Å². The molecule has 0 aromatic heterocycles. The summed E-state index contributed by atoms with van der Waals surface area (Å²) in [5, 5.41) is 10.3. The number of methoxy groups -OCH3 is 1. The Kier molecular flexibility index (Phi) is 8.00. The van der Waals surface area contributed by atoms with Gasteiger partial charge in [0.05, 0.1) is 7.11 Å². The van der Waals surface area contributed by atoms with Crippen molar-refractivity contribution in [3.05, 3.63) is 23.8 Å². The van der Waals surface area contributed by atoms with Gasteiger partial charge in [-0.1, -0.05) is 25.3 Å². The van der Waals surface area contributed by atoms with Crippen LogP contribution >= 0.6 is 0 Å². The Morgan fingerprint density at radius 1 is 1.12 bits per heavy atom. The molecule has 1 aliphatic carbocycles. The molecule has 1 fully saturated rings. The summed E-state index contributed by atoms with van der Waals surface area (Å²) in [7, 11) is 7.83. The molecular weight excluding hydrogens is 316 g/mol. The molecule has 0 bridgehead atoms. The molecule has 1 saturated carbocycles. The maximum Gasteiger partial charge on any atom is 0.161 e. The van der Waals surface area contributed by atoms with Crippen LogP contribution in [0.1, 0.15) is 37.7 Å². The first-order valence-electron chi connectivity index (χ1n) is 9.32. The fraction of sp³-hybridized carbons (Fsp3) is 0.700. The van der Waals surface area contributed by atoms with Gasteiger partial charge in [0.2, 0.25) is 0 Å². The number of likely N-dealkylation sites (N-methyl/N-ethyl adjacent to an activating group) is 1. The molecule has 0 heterocycles. The minimum absolute atomic E-state index is 0.278. The number of hydrogen-bond acceptors (Lipinski definition) is 5. The number of aliphatic hydroxyl groups is 1. The molecule has 1 N–H and O–H groups in total. The first kappa shape index (κ1) is 20.0. The van der Waals surface area contributed by atoms with Gasteiger partial charge in [-0.2, -0.15) is 0 Å². The van der Waals surface area contributed by atoms with Crippen molar-refractivity contribution in [3.8, 4) is 11.5 Å². The van der Waals surface area contributed by atoms with Gasteiger partial charge in [-0.15, -0.1) is 0 Å². The SMILES string of the molecule is COc1cc(CN(C)C)ccc1OCC(O)CN(C)C1CCCCC1. The lowest BCUT2D eigenvalue weighted by atomic mass is 9.94. The summed E-state index contributed by atoms with van der Waals surface area (Å²) in [4.78, 5) is 4.39. The molecule has 1 aromatic carbocycles. The fourth-order valence-corrected chi connectivity index (χ4v) is 3.54. The van der Waals surface area contributed by atoms with Crippen molar-refractivity contribution in [3.63, 3.8) is 0 Å². The molecule has 1 aromatic rings. The van der Waals surface area contributed by atoms with Crippen molar-refractivity contribution in [2.75, 3.05) is 41.4 Å². The van der Waals surface area contributed by atoms with E-state index in [1.165, 1.54) is 37.7 Å². The highest BCUT2D eigenvalue weighted by atomic mass is 16.5. The smallest absolute Gasteiger partial charge is 0.161 e. The van der Waals surface area contributed by atoms with Crippen molar-refractivity contribution in [2.45, 2.75) is 50.8 Å². The zero-order chi connectivity index (χ0) is 18.2. The maximum absolute atomic E-state index is 10.3. The largest absolute Gasteiger partial charge is 0.493 e. The van der Waals surface area contributed by atoms with E-state index in [0.717, 1.165) is 6.54 Å². The zero-order valence-corrected chi connectivity index (χ0v) is 16.2. The topological polar surface area (TPSA) is 45.2 Å². The quantitative estimate of drug-likeness (QED) is 0.742. The van der Waals surface area contributed by atoms with Crippen molar-refractivity contribution in [2.24, 2.45) is 0 Å². The van der Waals surface area contributed by atoms with Gasteiger partial charge in [-0.25, -0.2) is 0 Å². The van der Waals surface area contributed by atoms with Crippen LogP contribution in [0.5, 0.6) is 11.5 Å². The van der Waals surface area contributed by atoms with Crippen LogP contribution in [0.3, 0.4) is 0 Å². The number of aliphatic hydroxyl groups excluding tert-OH is 1. The fourth-order valence-electron chi connectivity index (χ4n) is 3.54. The first-order valence-corrected chi connectivity index (χ1v) is 9.32. The summed E-state index contributed by atoms with van der Waals surface area (Å²) in [6.07, 6.45) is 5.94. The number of rotatable bonds is 9. The van der Waals surface area contributed by atoms with Crippen LogP contribution in [0.25, 0.3) is 0 Å². The van der Waals surface area contributed by atoms with Crippen molar-refractivity contribution < 1.29 is 14.6 Å². The standard InChI is InChI=1S/C20H34N2O3/c1-21(2)13-16-10-11-19(20(12-16)24-4)25-15-18(23)14-22(3)17-8-6-5-7-9-17/h10-12,17-18,23H,5-9,13-15H2,1-4H3. The average molecular weight is 351 g/mol. The van der Waals surface area contributed by atoms with Gasteiger partial charge in [-0.05, 0) is 51.7 Å². The summed E-state index contributed by atoms with van der Waals surface area (Å²) in [6, 6.07) is 6.56. The highest BCUT2D eigenvalue weighted by Crippen LogP contribution is 2.28. The number of nitrogens with zero attached hydrogens (tertiary/aromatic N) is 2. The van der Waals surface area contributed by atoms with Gasteiger partial charge >= 0.3 is 0 Å². The predicted molar refractivity (Wildman–Crippen MR) is 101 cm³/mol. The van der Waals surface area contributed by atoms with Crippen molar-refractivity contribution >= 4 is 0 Å². The van der Waals surface area contributed by atoms with E-state index in [4.69, 9.17) is 9.47 Å². The summed E-state index contributed by atoms with van der Waals surface area (Å²) < 4.78 is 11.3. The lowest BCUT2D eigenvalue weighted by Gasteiger charge is -2.32. The highest BCUT2D eigenvalue weighted by Gasteiger charge is 2.20. The van der Waals surface area contributed by atoms with E-state index in [9.17, 15) is 5.11 Å². The van der Waals surface area contributed by atoms with Crippen LogP contribution < -0.4 is 9.47 Å². The monoisotopic (exact) mass is 350 g/mol. The molecule has 0 radical (unpaired) electrons. The first-order chi connectivity index (χ1) is 12.0. The Morgan fingerprint density at radius 2 is 1.84 bits per heavy atom. The van der Waals surface area contributed by atoms with Gasteiger partial charge < -0.3 is 24.4 Å². The van der Waals surface area contributed by atoms with Crippen molar-refractivity contribution in [1.29, 1.82) is 0 Å². The number of ether oxygens (including phenoxy) is 2. The van der Waals surface area contributed by atoms with Crippen LogP contribution in [0.15, 0.2) is 18.2 Å². The van der Waals surface area contributed by atoms with E-state index in [1.54, 1.807) is 7.11 Å². The van der Waals surface area contributed by atoms with E-state index in [0.29, 0.717) is 24.1 Å². The van der Waals surface area contributed by atoms with Crippen molar-refractivity contribution in [1.82, 2.24) is 9.80 Å². The van der Waals surface area contributed by atoms with E-state index >= 15 is 0 Å². The Hall–Kier alpha value is -1.30. The second kappa shape index (κ2) is 10.00. The lowest BCUT2D eigenvalue weighted by molar-refractivity contribution is 0.0553. The van der Waals surface area contributed by atoms with Gasteiger partial charge in [-0.3, -0.25) is 0 Å². The van der Waals surface area contributed by atoms with Gasteiger partial charge in [0, 0.05) is 19.1 Å². The van der Waals surface area contributed by atoms with E-state index < -0.39 is 6.10 Å². The van der Waals surface area contributed by atoms with Crippen LogP contribution in [-0.2, 0) is 6.54 Å². The molecule has 0 spiro atoms. The van der Waals surface area contributed by atoms with E-state index in [1.807, 2.05) is 32.3 Å². The summed E-state index contributed by atoms with van der Waals surface area (Å²) in [5.74, 6) is 1.40. The molecule has 1 atom stereocenters. The lowest BCUT2D eigenvalue weighted by Crippen LogP contribution is -2.40. The minimum atomic E-state index is -0.502. The second-order valence-corrected chi connectivity index (χ2v) is 7.42. The molecule has 2 rings (SSSR count). The summed E-state index contributed by atoms with van der Waals surface area (Å²) >= 11 is 0. The molecule has 142 valence electrons. The third kappa shape index (κ3) is 6.49. The molecule has 0 aliphatic heterocycles. The Labute approximate surface area is 152 Å². The van der Waals surface area contributed by atoms with Crippen LogP contribution in [0, 0.1) is 0 Å². The Morgan fingerprint density at radius 3 is 2.48 bits per heavy atom. The van der Waals surface area contributed by atoms with Gasteiger partial charge in [0.1, 0.15) is 12.7 Å². The third-order valence-corrected chi connectivity index (χ3v) is 4.85. The predicted octanol–water partition coefficient (Wildman–Crippen LogP) is 2.76. The Bertz CT molecular complexity index is 516. The number of hydrogen-bond donors (Lipinski definition) is 1. The molecule has 5 heteroatoms. The van der Waals surface area contributed by atoms with Gasteiger partial charge in [0.25, 0.3) is 0 Å². The molecular formula is C20H34N2O3. The minimum Gasteiger partial charge on any atom is -0.493 e. The third-order valence-electron chi connectivity index (χ3n) is 4.85. The molecule has 0 saturated heterocycles. The van der Waals surface area contributed by atoms with E-state index in [2.05, 4.69) is 16.8 Å². The van der Waals surface area contributed by atoms with Crippen LogP contribution in [0.2, 0.25) is 0 Å². The van der Waals surface area contributed by atoms with Gasteiger partial charge in [0.15, 0.2) is 11.5 Å². The average Bonchev–Trinajstić information content (AvgIpc) is 2.60. The molecule has 1 unspecified atom stereocenters. The second-order valence-electron chi connectivity index (χ2n) is 7.42. The molecule has 0 amide bonds. The normalized spacial score (nSPS) is 17.1. The highest BCUT2D eigenvalue weighted by molar-refractivity contribution is 5.43. The molecule has 1 aliphatic rings. The van der Waals surface area contributed by atoms with E-state index in [-0.39, 0.29) is 6.61 Å².